The Morgan fingerprint density at radius 2 is 1.63 bits per heavy atom. The monoisotopic (exact) mass is 364 g/mol. The lowest BCUT2D eigenvalue weighted by Gasteiger charge is -2.32. The maximum atomic E-state index is 12.9. The van der Waals surface area contributed by atoms with Crippen LogP contribution < -0.4 is 5.32 Å². The van der Waals surface area contributed by atoms with Crippen LogP contribution in [0.1, 0.15) is 50.6 Å². The summed E-state index contributed by atoms with van der Waals surface area (Å²) < 4.78 is 0. The van der Waals surface area contributed by atoms with Gasteiger partial charge in [0.05, 0.1) is 5.92 Å². The number of carboxylic acid groups (broad SMARTS) is 1. The van der Waals surface area contributed by atoms with Crippen LogP contribution in [0.25, 0.3) is 0 Å². The summed E-state index contributed by atoms with van der Waals surface area (Å²) in [7, 11) is 0. The van der Waals surface area contributed by atoms with E-state index >= 15 is 0 Å². The van der Waals surface area contributed by atoms with E-state index < -0.39 is 11.9 Å². The molecule has 1 fully saturated rings. The number of aliphatic carboxylic acids is 1. The highest BCUT2D eigenvalue weighted by Crippen LogP contribution is 2.29. The van der Waals surface area contributed by atoms with Crippen molar-refractivity contribution in [2.75, 3.05) is 6.54 Å². The third-order valence-corrected chi connectivity index (χ3v) is 5.09. The van der Waals surface area contributed by atoms with Crippen LogP contribution >= 0.6 is 0 Å². The number of hydrogen-bond donors (Lipinski definition) is 2. The molecule has 6 nitrogen and oxygen atoms in total. The molecule has 1 atom stereocenters. The van der Waals surface area contributed by atoms with Crippen molar-refractivity contribution < 1.29 is 19.5 Å². The zero-order valence-corrected chi connectivity index (χ0v) is 14.7. The lowest BCUT2D eigenvalue weighted by atomic mass is 9.89. The number of amides is 2. The van der Waals surface area contributed by atoms with Crippen LogP contribution in [0.15, 0.2) is 48.5 Å². The minimum atomic E-state index is -0.938. The van der Waals surface area contributed by atoms with E-state index in [9.17, 15) is 19.5 Å². The van der Waals surface area contributed by atoms with Crippen molar-refractivity contribution in [3.63, 3.8) is 0 Å². The second-order valence-corrected chi connectivity index (χ2v) is 7.10. The summed E-state index contributed by atoms with van der Waals surface area (Å²) in [6.07, 6.45) is 2.03. The summed E-state index contributed by atoms with van der Waals surface area (Å²) >= 11 is 0. The fourth-order valence-corrected chi connectivity index (χ4v) is 3.42. The summed E-state index contributed by atoms with van der Waals surface area (Å²) in [6, 6.07) is 14.1. The van der Waals surface area contributed by atoms with Crippen molar-refractivity contribution in [1.29, 1.82) is 0 Å². The third kappa shape index (κ3) is 3.56. The predicted octanol–water partition coefficient (Wildman–Crippen LogP) is 2.40. The molecule has 0 spiro atoms. The van der Waals surface area contributed by atoms with Gasteiger partial charge in [0, 0.05) is 30.3 Å². The molecule has 1 saturated carbocycles. The van der Waals surface area contributed by atoms with Crippen LogP contribution in [0.3, 0.4) is 0 Å². The van der Waals surface area contributed by atoms with Gasteiger partial charge in [-0.1, -0.05) is 24.3 Å². The Balaban J connectivity index is 1.52. The van der Waals surface area contributed by atoms with Gasteiger partial charge in [-0.25, -0.2) is 0 Å². The van der Waals surface area contributed by atoms with Gasteiger partial charge in [0.15, 0.2) is 0 Å². The molecule has 0 aromatic heterocycles. The van der Waals surface area contributed by atoms with Gasteiger partial charge in [0.25, 0.3) is 11.8 Å². The second-order valence-electron chi connectivity index (χ2n) is 7.10. The third-order valence-electron chi connectivity index (χ3n) is 5.09. The van der Waals surface area contributed by atoms with Crippen LogP contribution in [0.4, 0.5) is 0 Å². The molecule has 1 heterocycles. The molecule has 6 heteroatoms. The highest BCUT2D eigenvalue weighted by molar-refractivity contribution is 5.98. The summed E-state index contributed by atoms with van der Waals surface area (Å²) in [6.45, 7) is 0.512. The first-order valence-electron chi connectivity index (χ1n) is 9.04. The van der Waals surface area contributed by atoms with Crippen molar-refractivity contribution in [3.8, 4) is 0 Å². The minimum Gasteiger partial charge on any atom is -0.481 e. The Morgan fingerprint density at radius 3 is 2.30 bits per heavy atom. The molecule has 1 aliphatic carbocycles. The standard InChI is InChI=1S/C21H20N2O4/c24-19(22-16-9-10-16)13-5-7-14(8-6-13)20(25)23-11-15-3-1-2-4-17(15)18(12-23)21(26)27/h1-8,16,18H,9-12H2,(H,22,24)(H,26,27). The van der Waals surface area contributed by atoms with Gasteiger partial charge >= 0.3 is 5.97 Å². The van der Waals surface area contributed by atoms with Crippen molar-refractivity contribution in [3.05, 3.63) is 70.8 Å². The van der Waals surface area contributed by atoms with Crippen molar-refractivity contribution in [2.45, 2.75) is 31.3 Å². The van der Waals surface area contributed by atoms with Crippen molar-refractivity contribution in [1.82, 2.24) is 10.2 Å². The average Bonchev–Trinajstić information content (AvgIpc) is 3.50. The summed E-state index contributed by atoms with van der Waals surface area (Å²) in [5.74, 6) is -2.03. The molecule has 138 valence electrons. The molecular weight excluding hydrogens is 344 g/mol. The number of fused-ring (bicyclic) bond motifs is 1. The highest BCUT2D eigenvalue weighted by Gasteiger charge is 2.32. The Hall–Kier alpha value is -3.15. The molecule has 2 N–H and O–H groups in total. The maximum Gasteiger partial charge on any atom is 0.312 e. The fraction of sp³-hybridized carbons (Fsp3) is 0.286. The molecule has 1 aliphatic heterocycles. The number of rotatable bonds is 4. The molecule has 0 radical (unpaired) electrons. The minimum absolute atomic E-state index is 0.130. The zero-order valence-electron chi connectivity index (χ0n) is 14.7. The average molecular weight is 364 g/mol. The SMILES string of the molecule is O=C(NC1CC1)c1ccc(C(=O)N2Cc3ccccc3C(C(=O)O)C2)cc1. The van der Waals surface area contributed by atoms with Gasteiger partial charge in [0.2, 0.25) is 0 Å². The molecule has 4 rings (SSSR count). The van der Waals surface area contributed by atoms with E-state index in [2.05, 4.69) is 5.32 Å². The second kappa shape index (κ2) is 6.87. The highest BCUT2D eigenvalue weighted by atomic mass is 16.4. The molecule has 2 aliphatic rings. The Kier molecular flexibility index (Phi) is 4.39. The van der Waals surface area contributed by atoms with Crippen LogP contribution in [-0.2, 0) is 11.3 Å². The first kappa shape index (κ1) is 17.3. The van der Waals surface area contributed by atoms with Crippen molar-refractivity contribution in [2.24, 2.45) is 0 Å². The summed E-state index contributed by atoms with van der Waals surface area (Å²) in [5.41, 5.74) is 2.58. The van der Waals surface area contributed by atoms with Crippen LogP contribution in [0.5, 0.6) is 0 Å². The van der Waals surface area contributed by atoms with E-state index in [0.29, 0.717) is 17.7 Å². The van der Waals surface area contributed by atoms with Gasteiger partial charge in [-0.3, -0.25) is 14.4 Å². The quantitative estimate of drug-likeness (QED) is 0.872. The van der Waals surface area contributed by atoms with Gasteiger partial charge in [-0.2, -0.15) is 0 Å². The van der Waals surface area contributed by atoms with E-state index in [4.69, 9.17) is 0 Å². The number of nitrogens with one attached hydrogen (secondary N) is 1. The van der Waals surface area contributed by atoms with Crippen molar-refractivity contribution >= 4 is 17.8 Å². The largest absolute Gasteiger partial charge is 0.481 e. The fourth-order valence-electron chi connectivity index (χ4n) is 3.42. The first-order chi connectivity index (χ1) is 13.0. The molecule has 0 bridgehead atoms. The molecule has 0 saturated heterocycles. The predicted molar refractivity (Wildman–Crippen MR) is 98.5 cm³/mol. The topological polar surface area (TPSA) is 86.7 Å². The van der Waals surface area contributed by atoms with Gasteiger partial charge in [0.1, 0.15) is 0 Å². The molecular formula is C21H20N2O4. The molecule has 2 aromatic rings. The first-order valence-corrected chi connectivity index (χ1v) is 9.04. The number of benzene rings is 2. The lowest BCUT2D eigenvalue weighted by Crippen LogP contribution is -2.40. The zero-order chi connectivity index (χ0) is 19.0. The van der Waals surface area contributed by atoms with E-state index in [-0.39, 0.29) is 24.4 Å². The maximum absolute atomic E-state index is 12.9. The molecule has 2 aromatic carbocycles. The van der Waals surface area contributed by atoms with E-state index in [0.717, 1.165) is 24.0 Å². The molecule has 27 heavy (non-hydrogen) atoms. The lowest BCUT2D eigenvalue weighted by molar-refractivity contribution is -0.139. The molecule has 2 amide bonds. The smallest absolute Gasteiger partial charge is 0.312 e. The van der Waals surface area contributed by atoms with Gasteiger partial charge < -0.3 is 15.3 Å². The Morgan fingerprint density at radius 1 is 0.963 bits per heavy atom. The van der Waals surface area contributed by atoms with Crippen LogP contribution in [-0.4, -0.2) is 40.4 Å². The van der Waals surface area contributed by atoms with Gasteiger partial charge in [-0.15, -0.1) is 0 Å². The van der Waals surface area contributed by atoms with E-state index in [1.807, 2.05) is 24.3 Å². The summed E-state index contributed by atoms with van der Waals surface area (Å²) in [5, 5.41) is 12.5. The normalized spacial score (nSPS) is 18.5. The van der Waals surface area contributed by atoms with E-state index in [1.54, 1.807) is 29.2 Å². The number of carbonyl (C=O) groups is 3. The van der Waals surface area contributed by atoms with Gasteiger partial charge in [-0.05, 0) is 48.2 Å². The Bertz CT molecular complexity index is 903. The number of nitrogens with zero attached hydrogens (tertiary/aromatic N) is 1. The number of carbonyl (C=O) groups excluding carboxylic acids is 2. The Labute approximate surface area is 156 Å². The van der Waals surface area contributed by atoms with E-state index in [1.165, 1.54) is 0 Å². The summed E-state index contributed by atoms with van der Waals surface area (Å²) in [4.78, 5) is 38.1. The number of hydrogen-bond acceptors (Lipinski definition) is 3. The number of carboxylic acids is 1. The van der Waals surface area contributed by atoms with Crippen LogP contribution in [0, 0.1) is 0 Å². The van der Waals surface area contributed by atoms with Crippen LogP contribution in [0.2, 0.25) is 0 Å². The molecule has 1 unspecified atom stereocenters.